The van der Waals surface area contributed by atoms with Gasteiger partial charge in [-0.25, -0.2) is 0 Å². The van der Waals surface area contributed by atoms with Gasteiger partial charge in [0.25, 0.3) is 5.91 Å². The van der Waals surface area contributed by atoms with Crippen molar-refractivity contribution < 1.29 is 9.53 Å². The van der Waals surface area contributed by atoms with Crippen molar-refractivity contribution in [2.45, 2.75) is 33.3 Å². The molecule has 0 aliphatic heterocycles. The molecule has 0 saturated heterocycles. The number of hydrogen-bond acceptors (Lipinski definition) is 3. The molecule has 1 amide bonds. The Kier molecular flexibility index (Phi) is 5.37. The Morgan fingerprint density at radius 1 is 1.22 bits per heavy atom. The lowest BCUT2D eigenvalue weighted by atomic mass is 10.1. The Hall–Kier alpha value is -2.80. The molecule has 0 spiro atoms. The molecule has 4 nitrogen and oxygen atoms in total. The van der Waals surface area contributed by atoms with Crippen LogP contribution in [0, 0.1) is 25.2 Å². The Balaban J connectivity index is 1.99. The van der Waals surface area contributed by atoms with E-state index in [9.17, 15) is 4.79 Å². The molecular weight excluding hydrogens is 288 g/mol. The van der Waals surface area contributed by atoms with Crippen LogP contribution in [0.15, 0.2) is 42.5 Å². The minimum absolute atomic E-state index is 0.209. The van der Waals surface area contributed by atoms with Crippen LogP contribution in [0.5, 0.6) is 5.75 Å². The molecular formula is C19H20N2O2. The summed E-state index contributed by atoms with van der Waals surface area (Å²) >= 11 is 0. The van der Waals surface area contributed by atoms with E-state index in [0.717, 1.165) is 22.4 Å². The second-order valence-corrected chi connectivity index (χ2v) is 5.55. The Morgan fingerprint density at radius 3 is 2.57 bits per heavy atom. The molecule has 0 fully saturated rings. The number of anilines is 1. The average Bonchev–Trinajstić information content (AvgIpc) is 2.53. The van der Waals surface area contributed by atoms with Crippen LogP contribution < -0.4 is 10.1 Å². The zero-order chi connectivity index (χ0) is 16.8. The van der Waals surface area contributed by atoms with E-state index in [1.807, 2.05) is 44.2 Å². The van der Waals surface area contributed by atoms with Crippen LogP contribution in [0.3, 0.4) is 0 Å². The van der Waals surface area contributed by atoms with Crippen LogP contribution in [-0.4, -0.2) is 12.0 Å². The van der Waals surface area contributed by atoms with Crippen molar-refractivity contribution in [3.05, 3.63) is 59.2 Å². The van der Waals surface area contributed by atoms with Crippen molar-refractivity contribution in [2.24, 2.45) is 0 Å². The molecule has 0 bridgehead atoms. The van der Waals surface area contributed by atoms with Crippen LogP contribution in [0.2, 0.25) is 0 Å². The lowest BCUT2D eigenvalue weighted by Gasteiger charge is -2.17. The molecule has 0 heterocycles. The Bertz CT molecular complexity index is 730. The molecule has 23 heavy (non-hydrogen) atoms. The molecule has 0 radical (unpaired) electrons. The number of nitrogens with zero attached hydrogens (tertiary/aromatic N) is 1. The van der Waals surface area contributed by atoms with E-state index in [1.165, 1.54) is 0 Å². The average molecular weight is 308 g/mol. The third kappa shape index (κ3) is 4.58. The predicted molar refractivity (Wildman–Crippen MR) is 90.4 cm³/mol. The zero-order valence-electron chi connectivity index (χ0n) is 13.6. The quantitative estimate of drug-likeness (QED) is 0.914. The SMILES string of the molecule is Cc1ccc(C)c(O[C@H](C)C(=O)Nc2ccc(CC#N)cc2)c1. The van der Waals surface area contributed by atoms with E-state index in [2.05, 4.69) is 11.4 Å². The summed E-state index contributed by atoms with van der Waals surface area (Å²) in [5.41, 5.74) is 3.70. The number of carbonyl (C=O) groups excluding carboxylic acids is 1. The highest BCUT2D eigenvalue weighted by molar-refractivity contribution is 5.94. The fraction of sp³-hybridized carbons (Fsp3) is 0.263. The molecule has 1 atom stereocenters. The molecule has 4 heteroatoms. The van der Waals surface area contributed by atoms with Gasteiger partial charge in [0, 0.05) is 5.69 Å². The highest BCUT2D eigenvalue weighted by Crippen LogP contribution is 2.21. The standard InChI is InChI=1S/C19H20N2O2/c1-13-4-5-14(2)18(12-13)23-15(3)19(22)21-17-8-6-16(7-9-17)10-11-20/h4-9,12,15H,10H2,1-3H3,(H,21,22)/t15-/m1/s1. The first kappa shape index (κ1) is 16.6. The van der Waals surface area contributed by atoms with Gasteiger partial charge in [0.05, 0.1) is 12.5 Å². The van der Waals surface area contributed by atoms with E-state index >= 15 is 0 Å². The Morgan fingerprint density at radius 2 is 1.91 bits per heavy atom. The van der Waals surface area contributed by atoms with Crippen molar-refractivity contribution in [3.8, 4) is 11.8 Å². The second kappa shape index (κ2) is 7.46. The van der Waals surface area contributed by atoms with Gasteiger partial charge in [-0.3, -0.25) is 4.79 Å². The highest BCUT2D eigenvalue weighted by Gasteiger charge is 2.16. The van der Waals surface area contributed by atoms with Gasteiger partial charge < -0.3 is 10.1 Å². The predicted octanol–water partition coefficient (Wildman–Crippen LogP) is 3.78. The summed E-state index contributed by atoms with van der Waals surface area (Å²) in [4.78, 5) is 12.2. The fourth-order valence-corrected chi connectivity index (χ4v) is 2.12. The maximum Gasteiger partial charge on any atom is 0.265 e. The fourth-order valence-electron chi connectivity index (χ4n) is 2.12. The summed E-state index contributed by atoms with van der Waals surface area (Å²) < 4.78 is 5.77. The van der Waals surface area contributed by atoms with E-state index in [1.54, 1.807) is 19.1 Å². The number of carbonyl (C=O) groups is 1. The molecule has 0 aliphatic carbocycles. The maximum atomic E-state index is 12.2. The van der Waals surface area contributed by atoms with E-state index < -0.39 is 6.10 Å². The third-order valence-corrected chi connectivity index (χ3v) is 3.52. The van der Waals surface area contributed by atoms with E-state index in [0.29, 0.717) is 12.1 Å². The smallest absolute Gasteiger partial charge is 0.265 e. The maximum absolute atomic E-state index is 12.2. The molecule has 118 valence electrons. The minimum atomic E-state index is -0.603. The molecule has 2 aromatic carbocycles. The molecule has 2 rings (SSSR count). The van der Waals surface area contributed by atoms with Crippen molar-refractivity contribution in [1.82, 2.24) is 0 Å². The summed E-state index contributed by atoms with van der Waals surface area (Å²) in [6.07, 6.45) is -0.241. The van der Waals surface area contributed by atoms with Crippen molar-refractivity contribution in [2.75, 3.05) is 5.32 Å². The van der Waals surface area contributed by atoms with Crippen molar-refractivity contribution in [1.29, 1.82) is 5.26 Å². The minimum Gasteiger partial charge on any atom is -0.481 e. The van der Waals surface area contributed by atoms with Crippen molar-refractivity contribution >= 4 is 11.6 Å². The van der Waals surface area contributed by atoms with Gasteiger partial charge in [-0.2, -0.15) is 5.26 Å². The van der Waals surface area contributed by atoms with Crippen LogP contribution in [0.25, 0.3) is 0 Å². The number of aryl methyl sites for hydroxylation is 2. The van der Waals surface area contributed by atoms with Gasteiger partial charge in [0.2, 0.25) is 0 Å². The monoisotopic (exact) mass is 308 g/mol. The van der Waals surface area contributed by atoms with Crippen LogP contribution >= 0.6 is 0 Å². The van der Waals surface area contributed by atoms with Gasteiger partial charge in [0.1, 0.15) is 5.75 Å². The highest BCUT2D eigenvalue weighted by atomic mass is 16.5. The van der Waals surface area contributed by atoms with Gasteiger partial charge in [0.15, 0.2) is 6.10 Å². The molecule has 2 aromatic rings. The Labute approximate surface area is 136 Å². The molecule has 0 aromatic heterocycles. The first-order valence-electron chi connectivity index (χ1n) is 7.50. The van der Waals surface area contributed by atoms with Gasteiger partial charge in [-0.1, -0.05) is 24.3 Å². The molecule has 0 saturated carbocycles. The van der Waals surface area contributed by atoms with Gasteiger partial charge in [-0.05, 0) is 55.7 Å². The summed E-state index contributed by atoms with van der Waals surface area (Å²) in [6, 6.07) is 15.2. The summed E-state index contributed by atoms with van der Waals surface area (Å²) in [5.74, 6) is 0.510. The second-order valence-electron chi connectivity index (χ2n) is 5.55. The topological polar surface area (TPSA) is 62.1 Å². The van der Waals surface area contributed by atoms with Gasteiger partial charge in [-0.15, -0.1) is 0 Å². The van der Waals surface area contributed by atoms with Crippen LogP contribution in [0.1, 0.15) is 23.6 Å². The lowest BCUT2D eigenvalue weighted by molar-refractivity contribution is -0.122. The first-order chi connectivity index (χ1) is 11.0. The largest absolute Gasteiger partial charge is 0.481 e. The van der Waals surface area contributed by atoms with Crippen LogP contribution in [-0.2, 0) is 11.2 Å². The zero-order valence-corrected chi connectivity index (χ0v) is 13.6. The van der Waals surface area contributed by atoms with Crippen molar-refractivity contribution in [3.63, 3.8) is 0 Å². The first-order valence-corrected chi connectivity index (χ1v) is 7.50. The summed E-state index contributed by atoms with van der Waals surface area (Å²) in [5, 5.41) is 11.5. The number of nitrogens with one attached hydrogen (secondary N) is 1. The number of benzene rings is 2. The van der Waals surface area contributed by atoms with Gasteiger partial charge >= 0.3 is 0 Å². The third-order valence-electron chi connectivity index (χ3n) is 3.52. The molecule has 0 aliphatic rings. The normalized spacial score (nSPS) is 11.4. The molecule has 0 unspecified atom stereocenters. The summed E-state index contributed by atoms with van der Waals surface area (Å²) in [6.45, 7) is 5.66. The number of amides is 1. The van der Waals surface area contributed by atoms with E-state index in [-0.39, 0.29) is 5.91 Å². The number of nitriles is 1. The number of hydrogen-bond donors (Lipinski definition) is 1. The van der Waals surface area contributed by atoms with E-state index in [4.69, 9.17) is 10.00 Å². The number of ether oxygens (including phenoxy) is 1. The number of rotatable bonds is 5. The summed E-state index contributed by atoms with van der Waals surface area (Å²) in [7, 11) is 0. The van der Waals surface area contributed by atoms with Crippen LogP contribution in [0.4, 0.5) is 5.69 Å². The molecule has 1 N–H and O–H groups in total. The lowest BCUT2D eigenvalue weighted by Crippen LogP contribution is -2.30.